The lowest BCUT2D eigenvalue weighted by atomic mass is 9.82. The molecule has 0 saturated heterocycles. The zero-order chi connectivity index (χ0) is 8.70. The van der Waals surface area contributed by atoms with Gasteiger partial charge in [-0.2, -0.15) is 0 Å². The molecule has 0 bridgehead atoms. The van der Waals surface area contributed by atoms with Crippen molar-refractivity contribution in [3.8, 4) is 0 Å². The van der Waals surface area contributed by atoms with E-state index in [2.05, 4.69) is 20.8 Å². The SMILES string of the molecule is CC(C)(C)C1C=CS(=O)(=S)C1. The van der Waals surface area contributed by atoms with Gasteiger partial charge in [0.1, 0.15) is 0 Å². The third-order valence-corrected chi connectivity index (χ3v) is 4.18. The van der Waals surface area contributed by atoms with E-state index < -0.39 is 8.49 Å². The fourth-order valence-electron chi connectivity index (χ4n) is 1.11. The van der Waals surface area contributed by atoms with E-state index >= 15 is 0 Å². The molecule has 3 heteroatoms. The number of allylic oxidation sites excluding steroid dienone is 1. The van der Waals surface area contributed by atoms with E-state index in [9.17, 15) is 4.21 Å². The highest BCUT2D eigenvalue weighted by molar-refractivity contribution is 8.34. The van der Waals surface area contributed by atoms with Crippen molar-refractivity contribution in [2.24, 2.45) is 11.3 Å². The summed E-state index contributed by atoms with van der Waals surface area (Å²) in [6.45, 7) is 6.45. The van der Waals surface area contributed by atoms with Gasteiger partial charge in [-0.25, -0.2) is 0 Å². The zero-order valence-electron chi connectivity index (χ0n) is 7.16. The smallest absolute Gasteiger partial charge is 0.0524 e. The molecule has 1 aliphatic heterocycles. The van der Waals surface area contributed by atoms with Gasteiger partial charge in [-0.3, -0.25) is 4.21 Å². The second kappa shape index (κ2) is 2.56. The Labute approximate surface area is 73.6 Å². The molecule has 0 N–H and O–H groups in total. The highest BCUT2D eigenvalue weighted by Gasteiger charge is 2.29. The van der Waals surface area contributed by atoms with Gasteiger partial charge >= 0.3 is 0 Å². The van der Waals surface area contributed by atoms with Crippen LogP contribution in [0.3, 0.4) is 0 Å². The van der Waals surface area contributed by atoms with Crippen molar-refractivity contribution in [3.63, 3.8) is 0 Å². The standard InChI is InChI=1S/C8H14OS2/c1-8(2,3)7-4-5-11(9,10)6-7/h4-5,7H,6H2,1-3H3. The van der Waals surface area contributed by atoms with Gasteiger partial charge in [-0.15, -0.1) is 0 Å². The van der Waals surface area contributed by atoms with Crippen LogP contribution in [-0.4, -0.2) is 9.96 Å². The Morgan fingerprint density at radius 2 is 2.09 bits per heavy atom. The molecule has 0 aromatic rings. The topological polar surface area (TPSA) is 17.1 Å². The predicted molar refractivity (Wildman–Crippen MR) is 52.5 cm³/mol. The number of hydrogen-bond donors (Lipinski definition) is 0. The molecule has 1 nitrogen and oxygen atoms in total. The van der Waals surface area contributed by atoms with Gasteiger partial charge in [0.25, 0.3) is 0 Å². The van der Waals surface area contributed by atoms with Gasteiger partial charge in [0.15, 0.2) is 0 Å². The fourth-order valence-corrected chi connectivity index (χ4v) is 3.40. The van der Waals surface area contributed by atoms with E-state index in [1.165, 1.54) is 0 Å². The van der Waals surface area contributed by atoms with Crippen LogP contribution in [0.4, 0.5) is 0 Å². The summed E-state index contributed by atoms with van der Waals surface area (Å²) in [5.74, 6) is 1.05. The molecule has 0 aromatic heterocycles. The summed E-state index contributed by atoms with van der Waals surface area (Å²) < 4.78 is 11.4. The van der Waals surface area contributed by atoms with Crippen molar-refractivity contribution in [3.05, 3.63) is 11.5 Å². The molecule has 0 aromatic carbocycles. The van der Waals surface area contributed by atoms with Gasteiger partial charge in [0, 0.05) is 11.2 Å². The van der Waals surface area contributed by atoms with Crippen LogP contribution >= 0.6 is 0 Å². The van der Waals surface area contributed by atoms with E-state index in [1.54, 1.807) is 5.41 Å². The Morgan fingerprint density at radius 3 is 2.27 bits per heavy atom. The first-order valence-corrected chi connectivity index (χ1v) is 6.44. The van der Waals surface area contributed by atoms with Crippen LogP contribution in [0.1, 0.15) is 20.8 Å². The zero-order valence-corrected chi connectivity index (χ0v) is 8.80. The lowest BCUT2D eigenvalue weighted by Crippen LogP contribution is -2.21. The van der Waals surface area contributed by atoms with Crippen LogP contribution < -0.4 is 0 Å². The monoisotopic (exact) mass is 190 g/mol. The molecule has 1 aliphatic rings. The maximum atomic E-state index is 11.4. The predicted octanol–water partition coefficient (Wildman–Crippen LogP) is 1.92. The molecule has 2 atom stereocenters. The molecule has 1 rings (SSSR count). The summed E-state index contributed by atoms with van der Waals surface area (Å²) >= 11 is 4.90. The second-order valence-electron chi connectivity index (χ2n) is 4.13. The molecular weight excluding hydrogens is 176 g/mol. The maximum absolute atomic E-state index is 11.4. The minimum Gasteiger partial charge on any atom is -0.252 e. The highest BCUT2D eigenvalue weighted by atomic mass is 32.8. The van der Waals surface area contributed by atoms with E-state index in [-0.39, 0.29) is 5.41 Å². The Bertz CT molecular complexity index is 267. The quantitative estimate of drug-likeness (QED) is 0.580. The molecule has 0 fully saturated rings. The lowest BCUT2D eigenvalue weighted by molar-refractivity contribution is 0.321. The maximum Gasteiger partial charge on any atom is 0.0524 e. The van der Waals surface area contributed by atoms with Gasteiger partial charge in [-0.05, 0) is 22.5 Å². The molecular formula is C8H14OS2. The summed E-state index contributed by atoms with van der Waals surface area (Å²) in [6.07, 6.45) is 2.01. The molecule has 2 unspecified atom stereocenters. The Hall–Kier alpha value is 0.110. The summed E-state index contributed by atoms with van der Waals surface area (Å²) in [5.41, 5.74) is 0.203. The Balaban J connectivity index is 2.81. The van der Waals surface area contributed by atoms with Crippen LogP contribution in [0.25, 0.3) is 0 Å². The van der Waals surface area contributed by atoms with Crippen LogP contribution in [0.2, 0.25) is 0 Å². The lowest BCUT2D eigenvalue weighted by Gasteiger charge is -2.24. The first-order chi connectivity index (χ1) is 4.81. The molecule has 0 spiro atoms. The van der Waals surface area contributed by atoms with Gasteiger partial charge in [-0.1, -0.05) is 26.8 Å². The molecule has 0 amide bonds. The van der Waals surface area contributed by atoms with Crippen LogP contribution in [0, 0.1) is 11.3 Å². The van der Waals surface area contributed by atoms with Crippen molar-refractivity contribution in [2.75, 3.05) is 5.75 Å². The second-order valence-corrected chi connectivity index (χ2v) is 7.75. The molecule has 0 saturated carbocycles. The summed E-state index contributed by atoms with van der Waals surface area (Å²) in [4.78, 5) is 0. The molecule has 1 heterocycles. The number of rotatable bonds is 0. The van der Waals surface area contributed by atoms with Crippen molar-refractivity contribution >= 4 is 19.7 Å². The first kappa shape index (κ1) is 9.20. The minimum atomic E-state index is -2.03. The van der Waals surface area contributed by atoms with Crippen molar-refractivity contribution in [1.82, 2.24) is 0 Å². The number of hydrogen-bond acceptors (Lipinski definition) is 2. The van der Waals surface area contributed by atoms with Gasteiger partial charge in [0.2, 0.25) is 0 Å². The highest BCUT2D eigenvalue weighted by Crippen LogP contribution is 2.32. The summed E-state index contributed by atoms with van der Waals surface area (Å²) in [5, 5.41) is 1.71. The van der Waals surface area contributed by atoms with E-state index in [0.29, 0.717) is 11.7 Å². The van der Waals surface area contributed by atoms with Crippen LogP contribution in [0.15, 0.2) is 11.5 Å². The van der Waals surface area contributed by atoms with Crippen molar-refractivity contribution in [2.45, 2.75) is 20.8 Å². The average Bonchev–Trinajstić information content (AvgIpc) is 2.07. The average molecular weight is 190 g/mol. The largest absolute Gasteiger partial charge is 0.252 e. The third-order valence-electron chi connectivity index (χ3n) is 2.04. The Morgan fingerprint density at radius 1 is 1.55 bits per heavy atom. The third kappa shape index (κ3) is 2.27. The van der Waals surface area contributed by atoms with Crippen LogP contribution in [-0.2, 0) is 19.7 Å². The van der Waals surface area contributed by atoms with E-state index in [0.717, 1.165) is 0 Å². The van der Waals surface area contributed by atoms with E-state index in [4.69, 9.17) is 11.2 Å². The molecule has 64 valence electrons. The van der Waals surface area contributed by atoms with Gasteiger partial charge in [0.05, 0.1) is 8.49 Å². The van der Waals surface area contributed by atoms with E-state index in [1.807, 2.05) is 6.08 Å². The van der Waals surface area contributed by atoms with Crippen molar-refractivity contribution in [1.29, 1.82) is 0 Å². The molecule has 0 radical (unpaired) electrons. The fraction of sp³-hybridized carbons (Fsp3) is 0.750. The Kier molecular flexibility index (Phi) is 2.14. The summed E-state index contributed by atoms with van der Waals surface area (Å²) in [7, 11) is -2.03. The van der Waals surface area contributed by atoms with Gasteiger partial charge < -0.3 is 0 Å². The molecule has 11 heavy (non-hydrogen) atoms. The van der Waals surface area contributed by atoms with Crippen molar-refractivity contribution < 1.29 is 4.21 Å². The van der Waals surface area contributed by atoms with Crippen LogP contribution in [0.5, 0.6) is 0 Å². The summed E-state index contributed by atoms with van der Waals surface area (Å²) in [6, 6.07) is 0. The first-order valence-electron chi connectivity index (χ1n) is 3.72. The molecule has 0 aliphatic carbocycles. The normalized spacial score (nSPS) is 37.9. The minimum absolute atomic E-state index is 0.203.